The Hall–Kier alpha value is -0.650. The summed E-state index contributed by atoms with van der Waals surface area (Å²) < 4.78 is 5.51. The first-order valence-electron chi connectivity index (χ1n) is 6.92. The SMILES string of the molecule is CC1(C(=O)N2CCC(OCCO)CC2)CCCN1. The van der Waals surface area contributed by atoms with Crippen molar-refractivity contribution in [1.29, 1.82) is 0 Å². The fraction of sp³-hybridized carbons (Fsp3) is 0.923. The Balaban J connectivity index is 1.80. The van der Waals surface area contributed by atoms with Crippen LogP contribution in [0, 0.1) is 0 Å². The van der Waals surface area contributed by atoms with Crippen LogP contribution in [0.25, 0.3) is 0 Å². The van der Waals surface area contributed by atoms with Crippen LogP contribution in [0.2, 0.25) is 0 Å². The maximum atomic E-state index is 12.4. The molecule has 0 aliphatic carbocycles. The van der Waals surface area contributed by atoms with Gasteiger partial charge in [0.1, 0.15) is 0 Å². The maximum absolute atomic E-state index is 12.4. The van der Waals surface area contributed by atoms with Gasteiger partial charge in [0.2, 0.25) is 5.91 Å². The highest BCUT2D eigenvalue weighted by Gasteiger charge is 2.39. The van der Waals surface area contributed by atoms with Crippen LogP contribution in [-0.4, -0.2) is 60.4 Å². The number of aliphatic hydroxyl groups excluding tert-OH is 1. The Kier molecular flexibility index (Phi) is 4.59. The molecule has 2 fully saturated rings. The summed E-state index contributed by atoms with van der Waals surface area (Å²) in [7, 11) is 0. The van der Waals surface area contributed by atoms with Crippen LogP contribution in [0.3, 0.4) is 0 Å². The second kappa shape index (κ2) is 5.99. The number of ether oxygens (including phenoxy) is 1. The summed E-state index contributed by atoms with van der Waals surface area (Å²) in [5.74, 6) is 0.237. The minimum absolute atomic E-state index is 0.0706. The topological polar surface area (TPSA) is 61.8 Å². The van der Waals surface area contributed by atoms with Crippen LogP contribution < -0.4 is 5.32 Å². The molecule has 2 aliphatic heterocycles. The Bertz CT molecular complexity index is 282. The van der Waals surface area contributed by atoms with Crippen molar-refractivity contribution in [3.05, 3.63) is 0 Å². The van der Waals surface area contributed by atoms with E-state index in [1.807, 2.05) is 11.8 Å². The number of nitrogens with one attached hydrogen (secondary N) is 1. The number of likely N-dealkylation sites (tertiary alicyclic amines) is 1. The van der Waals surface area contributed by atoms with Crippen LogP contribution in [0.5, 0.6) is 0 Å². The summed E-state index contributed by atoms with van der Waals surface area (Å²) in [6.45, 7) is 4.96. The smallest absolute Gasteiger partial charge is 0.242 e. The molecular formula is C13H24N2O3. The van der Waals surface area contributed by atoms with Gasteiger partial charge in [0.05, 0.1) is 24.9 Å². The summed E-state index contributed by atoms with van der Waals surface area (Å²) in [5, 5.41) is 12.0. The first-order valence-corrected chi connectivity index (χ1v) is 6.92. The molecule has 1 amide bonds. The highest BCUT2D eigenvalue weighted by Crippen LogP contribution is 2.24. The lowest BCUT2D eigenvalue weighted by Crippen LogP contribution is -2.55. The maximum Gasteiger partial charge on any atom is 0.242 e. The zero-order valence-electron chi connectivity index (χ0n) is 11.2. The van der Waals surface area contributed by atoms with Crippen molar-refractivity contribution >= 4 is 5.91 Å². The molecule has 2 rings (SSSR count). The third-order valence-corrected chi connectivity index (χ3v) is 4.01. The molecular weight excluding hydrogens is 232 g/mol. The molecule has 0 bridgehead atoms. The van der Waals surface area contributed by atoms with Crippen molar-refractivity contribution in [2.24, 2.45) is 0 Å². The number of rotatable bonds is 4. The number of piperidine rings is 1. The van der Waals surface area contributed by atoms with Gasteiger partial charge in [-0.1, -0.05) is 0 Å². The fourth-order valence-corrected chi connectivity index (χ4v) is 2.87. The van der Waals surface area contributed by atoms with Crippen molar-refractivity contribution in [1.82, 2.24) is 10.2 Å². The highest BCUT2D eigenvalue weighted by atomic mass is 16.5. The van der Waals surface area contributed by atoms with Gasteiger partial charge in [-0.25, -0.2) is 0 Å². The minimum atomic E-state index is -0.348. The standard InChI is InChI=1S/C13H24N2O3/c1-13(5-2-6-14-13)12(17)15-7-3-11(4-8-15)18-10-9-16/h11,14,16H,2-10H2,1H3. The fourth-order valence-electron chi connectivity index (χ4n) is 2.87. The molecule has 0 saturated carbocycles. The summed E-state index contributed by atoms with van der Waals surface area (Å²) in [4.78, 5) is 14.4. The van der Waals surface area contributed by atoms with Gasteiger partial charge in [-0.05, 0) is 39.2 Å². The number of carbonyl (C=O) groups is 1. The van der Waals surface area contributed by atoms with Gasteiger partial charge in [0.15, 0.2) is 0 Å². The second-order valence-electron chi connectivity index (χ2n) is 5.45. The van der Waals surface area contributed by atoms with E-state index >= 15 is 0 Å². The van der Waals surface area contributed by atoms with Gasteiger partial charge in [-0.2, -0.15) is 0 Å². The molecule has 0 aromatic carbocycles. The molecule has 104 valence electrons. The summed E-state index contributed by atoms with van der Waals surface area (Å²) in [5.41, 5.74) is -0.348. The summed E-state index contributed by atoms with van der Waals surface area (Å²) >= 11 is 0. The minimum Gasteiger partial charge on any atom is -0.394 e. The average molecular weight is 256 g/mol. The van der Waals surface area contributed by atoms with Crippen LogP contribution >= 0.6 is 0 Å². The van der Waals surface area contributed by atoms with Crippen LogP contribution in [-0.2, 0) is 9.53 Å². The molecule has 18 heavy (non-hydrogen) atoms. The lowest BCUT2D eigenvalue weighted by Gasteiger charge is -2.36. The number of hydrogen-bond acceptors (Lipinski definition) is 4. The number of carbonyl (C=O) groups excluding carboxylic acids is 1. The second-order valence-corrected chi connectivity index (χ2v) is 5.45. The third kappa shape index (κ3) is 3.02. The zero-order chi connectivity index (χ0) is 13.0. The molecule has 2 saturated heterocycles. The lowest BCUT2D eigenvalue weighted by atomic mass is 9.96. The Morgan fingerprint density at radius 2 is 2.22 bits per heavy atom. The Morgan fingerprint density at radius 1 is 1.50 bits per heavy atom. The van der Waals surface area contributed by atoms with Crippen molar-refractivity contribution in [2.45, 2.75) is 44.2 Å². The Morgan fingerprint density at radius 3 is 2.78 bits per heavy atom. The van der Waals surface area contributed by atoms with Crippen molar-refractivity contribution < 1.29 is 14.6 Å². The number of hydrogen-bond donors (Lipinski definition) is 2. The van der Waals surface area contributed by atoms with Crippen LogP contribution in [0.1, 0.15) is 32.6 Å². The molecule has 5 nitrogen and oxygen atoms in total. The lowest BCUT2D eigenvalue weighted by molar-refractivity contribution is -0.140. The highest BCUT2D eigenvalue weighted by molar-refractivity contribution is 5.86. The van der Waals surface area contributed by atoms with Crippen molar-refractivity contribution in [3.8, 4) is 0 Å². The quantitative estimate of drug-likeness (QED) is 0.750. The Labute approximate surface area is 108 Å². The van der Waals surface area contributed by atoms with Gasteiger partial charge < -0.3 is 20.1 Å². The molecule has 0 aromatic heterocycles. The van der Waals surface area contributed by atoms with E-state index in [1.165, 1.54) is 0 Å². The predicted octanol–water partition coefficient (Wildman–Crippen LogP) is 0.128. The normalized spacial score (nSPS) is 29.8. The van der Waals surface area contributed by atoms with E-state index in [9.17, 15) is 4.79 Å². The van der Waals surface area contributed by atoms with E-state index < -0.39 is 0 Å². The van der Waals surface area contributed by atoms with E-state index in [-0.39, 0.29) is 24.2 Å². The molecule has 1 atom stereocenters. The van der Waals surface area contributed by atoms with Gasteiger partial charge >= 0.3 is 0 Å². The monoisotopic (exact) mass is 256 g/mol. The van der Waals surface area contributed by atoms with E-state index in [2.05, 4.69) is 5.32 Å². The molecule has 2 heterocycles. The average Bonchev–Trinajstić information content (AvgIpc) is 2.84. The molecule has 2 aliphatic rings. The van der Waals surface area contributed by atoms with Gasteiger partial charge in [0, 0.05) is 13.1 Å². The van der Waals surface area contributed by atoms with E-state index in [1.54, 1.807) is 0 Å². The predicted molar refractivity (Wildman–Crippen MR) is 68.3 cm³/mol. The number of nitrogens with zero attached hydrogens (tertiary/aromatic N) is 1. The number of amides is 1. The van der Waals surface area contributed by atoms with Crippen LogP contribution in [0.4, 0.5) is 0 Å². The molecule has 1 unspecified atom stereocenters. The first kappa shape index (κ1) is 13.8. The molecule has 0 spiro atoms. The van der Waals surface area contributed by atoms with E-state index in [4.69, 9.17) is 9.84 Å². The van der Waals surface area contributed by atoms with Gasteiger partial charge in [-0.3, -0.25) is 4.79 Å². The third-order valence-electron chi connectivity index (χ3n) is 4.01. The molecule has 2 N–H and O–H groups in total. The number of aliphatic hydroxyl groups is 1. The van der Waals surface area contributed by atoms with Gasteiger partial charge in [-0.15, -0.1) is 0 Å². The largest absolute Gasteiger partial charge is 0.394 e. The van der Waals surface area contributed by atoms with E-state index in [0.29, 0.717) is 6.61 Å². The summed E-state index contributed by atoms with van der Waals surface area (Å²) in [6.07, 6.45) is 3.97. The zero-order valence-corrected chi connectivity index (χ0v) is 11.2. The van der Waals surface area contributed by atoms with Crippen molar-refractivity contribution in [3.63, 3.8) is 0 Å². The van der Waals surface area contributed by atoms with Crippen LogP contribution in [0.15, 0.2) is 0 Å². The van der Waals surface area contributed by atoms with Crippen molar-refractivity contribution in [2.75, 3.05) is 32.8 Å². The van der Waals surface area contributed by atoms with E-state index in [0.717, 1.165) is 45.3 Å². The molecule has 5 heteroatoms. The summed E-state index contributed by atoms with van der Waals surface area (Å²) in [6, 6.07) is 0. The van der Waals surface area contributed by atoms with Gasteiger partial charge in [0.25, 0.3) is 0 Å². The molecule has 0 radical (unpaired) electrons. The molecule has 0 aromatic rings. The first-order chi connectivity index (χ1) is 8.65.